The Morgan fingerprint density at radius 2 is 1.86 bits per heavy atom. The van der Waals surface area contributed by atoms with Crippen LogP contribution in [-0.4, -0.2) is 32.9 Å². The second-order valence-electron chi connectivity index (χ2n) is 6.36. The first-order chi connectivity index (χ1) is 10.1. The predicted octanol–water partition coefficient (Wildman–Crippen LogP) is 2.81. The normalized spacial score (nSPS) is 22.9. The Bertz CT molecular complexity index is 579. The van der Waals surface area contributed by atoms with Crippen molar-refractivity contribution in [2.45, 2.75) is 49.3 Å². The molecule has 4 nitrogen and oxygen atoms in total. The smallest absolute Gasteiger partial charge is 0.252 e. The molecule has 2 heterocycles. The van der Waals surface area contributed by atoms with E-state index in [2.05, 4.69) is 5.32 Å². The van der Waals surface area contributed by atoms with Gasteiger partial charge in [0.15, 0.2) is 0 Å². The molecule has 0 unspecified atom stereocenters. The van der Waals surface area contributed by atoms with Gasteiger partial charge in [0.1, 0.15) is 4.21 Å². The van der Waals surface area contributed by atoms with Crippen LogP contribution in [0.1, 0.15) is 43.4 Å². The number of thiophene rings is 1. The molecule has 0 bridgehead atoms. The summed E-state index contributed by atoms with van der Waals surface area (Å²) >= 11 is 1.39. The average Bonchev–Trinajstić information content (AvgIpc) is 3.10. The summed E-state index contributed by atoms with van der Waals surface area (Å²) < 4.78 is 27.6. The summed E-state index contributed by atoms with van der Waals surface area (Å²) in [5.74, 6) is 0. The second kappa shape index (κ2) is 5.99. The number of nitrogens with one attached hydrogen (secondary N) is 1. The molecule has 1 aromatic heterocycles. The minimum absolute atomic E-state index is 0.457. The molecule has 118 valence electrons. The van der Waals surface area contributed by atoms with E-state index in [0.717, 1.165) is 24.3 Å². The molecular formula is C15H24N2O2S2. The summed E-state index contributed by atoms with van der Waals surface area (Å²) in [5, 5.41) is 3.06. The highest BCUT2D eigenvalue weighted by atomic mass is 32.2. The zero-order chi connectivity index (χ0) is 14.9. The number of piperidine rings is 1. The van der Waals surface area contributed by atoms with Gasteiger partial charge in [-0.1, -0.05) is 12.8 Å². The van der Waals surface area contributed by atoms with Crippen molar-refractivity contribution >= 4 is 21.4 Å². The Morgan fingerprint density at radius 1 is 1.19 bits per heavy atom. The first-order valence-electron chi connectivity index (χ1n) is 7.79. The van der Waals surface area contributed by atoms with Gasteiger partial charge >= 0.3 is 0 Å². The van der Waals surface area contributed by atoms with Crippen LogP contribution in [0.3, 0.4) is 0 Å². The highest BCUT2D eigenvalue weighted by Gasteiger charge is 2.40. The van der Waals surface area contributed by atoms with Crippen LogP contribution in [0, 0.1) is 5.41 Å². The fourth-order valence-corrected chi connectivity index (χ4v) is 6.68. The minimum Gasteiger partial charge on any atom is -0.315 e. The van der Waals surface area contributed by atoms with Crippen LogP contribution in [-0.2, 0) is 16.6 Å². The Balaban J connectivity index is 1.70. The third kappa shape index (κ3) is 3.04. The average molecular weight is 329 g/mol. The largest absolute Gasteiger partial charge is 0.315 e. The van der Waals surface area contributed by atoms with E-state index in [1.807, 2.05) is 13.1 Å². The maximum Gasteiger partial charge on any atom is 0.252 e. The molecule has 6 heteroatoms. The molecule has 0 radical (unpaired) electrons. The molecule has 1 aromatic rings. The van der Waals surface area contributed by atoms with E-state index >= 15 is 0 Å². The SMILES string of the molecule is CNCc1ccc(S(=O)(=O)N2CCC3(CCCC3)CC2)s1. The van der Waals surface area contributed by atoms with Crippen molar-refractivity contribution in [2.24, 2.45) is 5.41 Å². The van der Waals surface area contributed by atoms with Crippen LogP contribution in [0.25, 0.3) is 0 Å². The number of sulfonamides is 1. The van der Waals surface area contributed by atoms with Crippen molar-refractivity contribution in [1.82, 2.24) is 9.62 Å². The summed E-state index contributed by atoms with van der Waals surface area (Å²) in [6.45, 7) is 2.12. The molecule has 3 rings (SSSR count). The fraction of sp³-hybridized carbons (Fsp3) is 0.733. The van der Waals surface area contributed by atoms with Crippen molar-refractivity contribution in [3.63, 3.8) is 0 Å². The highest BCUT2D eigenvalue weighted by Crippen LogP contribution is 2.46. The number of rotatable bonds is 4. The monoisotopic (exact) mass is 328 g/mol. The van der Waals surface area contributed by atoms with Gasteiger partial charge in [0.25, 0.3) is 10.0 Å². The van der Waals surface area contributed by atoms with Gasteiger partial charge in [0.05, 0.1) is 0 Å². The molecule has 1 aliphatic heterocycles. The molecule has 1 saturated heterocycles. The topological polar surface area (TPSA) is 49.4 Å². The van der Waals surface area contributed by atoms with Crippen LogP contribution in [0.5, 0.6) is 0 Å². The molecule has 1 aliphatic carbocycles. The Labute approximate surface area is 131 Å². The van der Waals surface area contributed by atoms with Gasteiger partial charge in [-0.2, -0.15) is 4.31 Å². The van der Waals surface area contributed by atoms with E-state index < -0.39 is 10.0 Å². The number of hydrogen-bond donors (Lipinski definition) is 1. The van der Waals surface area contributed by atoms with Crippen molar-refractivity contribution in [1.29, 1.82) is 0 Å². The standard InChI is InChI=1S/C15H24N2O2S2/c1-16-12-13-4-5-14(20-13)21(18,19)17-10-8-15(9-11-17)6-2-3-7-15/h4-5,16H,2-3,6-12H2,1H3. The molecule has 0 amide bonds. The maximum atomic E-state index is 12.7. The molecule has 1 spiro atoms. The molecule has 1 N–H and O–H groups in total. The lowest BCUT2D eigenvalue weighted by Gasteiger charge is -2.38. The van der Waals surface area contributed by atoms with E-state index in [9.17, 15) is 8.42 Å². The second-order valence-corrected chi connectivity index (χ2v) is 9.70. The molecule has 2 fully saturated rings. The Kier molecular flexibility index (Phi) is 4.41. The van der Waals surface area contributed by atoms with Crippen molar-refractivity contribution < 1.29 is 8.42 Å². The van der Waals surface area contributed by atoms with Gasteiger partial charge in [-0.25, -0.2) is 8.42 Å². The minimum atomic E-state index is -3.28. The van der Waals surface area contributed by atoms with Crippen molar-refractivity contribution in [2.75, 3.05) is 20.1 Å². The van der Waals surface area contributed by atoms with Gasteiger partial charge in [-0.3, -0.25) is 0 Å². The van der Waals surface area contributed by atoms with Crippen molar-refractivity contribution in [3.8, 4) is 0 Å². The number of nitrogens with zero attached hydrogens (tertiary/aromatic N) is 1. The summed E-state index contributed by atoms with van der Waals surface area (Å²) in [4.78, 5) is 1.07. The third-order valence-corrected chi connectivity index (χ3v) is 8.48. The molecule has 0 aromatic carbocycles. The quantitative estimate of drug-likeness (QED) is 0.924. The van der Waals surface area contributed by atoms with Crippen LogP contribution < -0.4 is 5.32 Å². The highest BCUT2D eigenvalue weighted by molar-refractivity contribution is 7.91. The predicted molar refractivity (Wildman–Crippen MR) is 86.0 cm³/mol. The Hall–Kier alpha value is -0.430. The van der Waals surface area contributed by atoms with Gasteiger partial charge in [0, 0.05) is 24.5 Å². The molecular weight excluding hydrogens is 304 g/mol. The fourth-order valence-electron chi connectivity index (χ4n) is 3.72. The first kappa shape index (κ1) is 15.5. The van der Waals surface area contributed by atoms with E-state index in [-0.39, 0.29) is 0 Å². The van der Waals surface area contributed by atoms with Crippen LogP contribution in [0.15, 0.2) is 16.3 Å². The lowest BCUT2D eigenvalue weighted by molar-refractivity contribution is 0.160. The maximum absolute atomic E-state index is 12.7. The summed E-state index contributed by atoms with van der Waals surface area (Å²) in [6.07, 6.45) is 7.33. The zero-order valence-corrected chi connectivity index (χ0v) is 14.2. The zero-order valence-electron chi connectivity index (χ0n) is 12.6. The summed E-state index contributed by atoms with van der Waals surface area (Å²) in [5.41, 5.74) is 0.457. The van der Waals surface area contributed by atoms with E-state index in [1.165, 1.54) is 37.0 Å². The first-order valence-corrected chi connectivity index (χ1v) is 10.0. The van der Waals surface area contributed by atoms with E-state index in [4.69, 9.17) is 0 Å². The van der Waals surface area contributed by atoms with Gasteiger partial charge < -0.3 is 5.32 Å². The van der Waals surface area contributed by atoms with Gasteiger partial charge in [0.2, 0.25) is 0 Å². The Morgan fingerprint density at radius 3 is 2.48 bits per heavy atom. The van der Waals surface area contributed by atoms with E-state index in [1.54, 1.807) is 10.4 Å². The molecule has 2 aliphatic rings. The van der Waals surface area contributed by atoms with Gasteiger partial charge in [-0.05, 0) is 50.3 Å². The van der Waals surface area contributed by atoms with Crippen LogP contribution in [0.2, 0.25) is 0 Å². The lowest BCUT2D eigenvalue weighted by atomic mass is 9.78. The molecule has 0 atom stereocenters. The van der Waals surface area contributed by atoms with Crippen molar-refractivity contribution in [3.05, 3.63) is 17.0 Å². The van der Waals surface area contributed by atoms with E-state index in [0.29, 0.717) is 22.7 Å². The molecule has 1 saturated carbocycles. The third-order valence-electron chi connectivity index (χ3n) is 5.03. The molecule has 21 heavy (non-hydrogen) atoms. The van der Waals surface area contributed by atoms with Crippen LogP contribution in [0.4, 0.5) is 0 Å². The summed E-state index contributed by atoms with van der Waals surface area (Å²) in [7, 11) is -1.41. The number of hydrogen-bond acceptors (Lipinski definition) is 4. The lowest BCUT2D eigenvalue weighted by Crippen LogP contribution is -2.41. The summed E-state index contributed by atoms with van der Waals surface area (Å²) in [6, 6.07) is 3.67. The van der Waals surface area contributed by atoms with Crippen LogP contribution >= 0.6 is 11.3 Å². The van der Waals surface area contributed by atoms with Gasteiger partial charge in [-0.15, -0.1) is 11.3 Å².